The highest BCUT2D eigenvalue weighted by atomic mass is 16.6. The number of benzene rings is 2. The van der Waals surface area contributed by atoms with Gasteiger partial charge < -0.3 is 69.7 Å². The molecule has 22 nitrogen and oxygen atoms in total. The van der Waals surface area contributed by atoms with Crippen molar-refractivity contribution in [3.05, 3.63) is 144 Å². The Morgan fingerprint density at radius 3 is 1.63 bits per heavy atom. The van der Waals surface area contributed by atoms with E-state index >= 15 is 0 Å². The summed E-state index contributed by atoms with van der Waals surface area (Å²) in [6.07, 6.45) is 5.92. The van der Waals surface area contributed by atoms with Crippen molar-refractivity contribution in [1.82, 2.24) is 34.2 Å². The normalized spacial score (nSPS) is 12.0. The van der Waals surface area contributed by atoms with E-state index in [-0.39, 0.29) is 79.2 Å². The van der Waals surface area contributed by atoms with Crippen molar-refractivity contribution in [3.8, 4) is 11.1 Å². The summed E-state index contributed by atoms with van der Waals surface area (Å²) in [4.78, 5) is 104. The molecule has 1 aliphatic rings. The first-order chi connectivity index (χ1) is 36.2. The molecule has 0 saturated carbocycles. The molecule has 4 heterocycles. The Hall–Kier alpha value is -9.34. The second-order valence-corrected chi connectivity index (χ2v) is 19.0. The van der Waals surface area contributed by atoms with E-state index in [0.717, 1.165) is 22.3 Å². The van der Waals surface area contributed by atoms with E-state index in [2.05, 4.69) is 43.8 Å². The molecule has 22 heteroatoms. The van der Waals surface area contributed by atoms with E-state index in [4.69, 9.17) is 14.2 Å². The van der Waals surface area contributed by atoms with Crippen LogP contribution in [0.3, 0.4) is 0 Å². The Morgan fingerprint density at radius 2 is 1.09 bits per heavy atom. The van der Waals surface area contributed by atoms with Gasteiger partial charge in [0.25, 0.3) is 17.7 Å². The molecule has 4 aromatic heterocycles. The van der Waals surface area contributed by atoms with E-state index in [1.165, 1.54) is 61.0 Å². The number of anilines is 4. The molecule has 0 saturated heterocycles. The van der Waals surface area contributed by atoms with Crippen LogP contribution in [0.5, 0.6) is 0 Å². The quantitative estimate of drug-likeness (QED) is 0.0250. The molecule has 1 atom stereocenters. The summed E-state index contributed by atoms with van der Waals surface area (Å²) in [5, 5.41) is 18.9. The molecule has 0 fully saturated rings. The fourth-order valence-electron chi connectivity index (χ4n) is 8.53. The third-order valence-corrected chi connectivity index (χ3v) is 12.0. The van der Waals surface area contributed by atoms with Crippen LogP contribution in [0.4, 0.5) is 32.3 Å². The van der Waals surface area contributed by atoms with Gasteiger partial charge in [-0.05, 0) is 73.7 Å². The van der Waals surface area contributed by atoms with Crippen LogP contribution < -0.4 is 37.2 Å². The standard InChI is InChI=1S/C54H61N11O11/c1-9-22-74-51(71)45-26-35(30-65(45)8)60-49(69)43-23-32(27-63(43)6)57-46(66)19-21-55-48(68)42-24-34(29-62(42)5)59-50(70)44-25-33(28-64(44)7)58-47(67)41(61-53(73)76-54(2,3)4)18-20-56-52(72)75-31-40-38-16-12-10-14-36(38)37-15-11-13-17-39(37)40/h9-17,23-30,40-41H,1,18-22,31H2,2-8H3,(H,55,68)(H,56,72)(H,57,66)(H,58,67)(H,59,70)(H,60,69)(H,61,73)/t41-/m0/s1. The van der Waals surface area contributed by atoms with Gasteiger partial charge in [0, 0.05) is 78.4 Å². The molecule has 0 radical (unpaired) electrons. The number of hydrogen-bond donors (Lipinski definition) is 7. The molecule has 0 unspecified atom stereocenters. The molecule has 7 amide bonds. The molecule has 0 bridgehead atoms. The zero-order chi connectivity index (χ0) is 54.8. The molecule has 7 N–H and O–H groups in total. The Bertz CT molecular complexity index is 3160. The maximum absolute atomic E-state index is 13.7. The molecular formula is C54H61N11O11. The fourth-order valence-corrected chi connectivity index (χ4v) is 8.53. The summed E-state index contributed by atoms with van der Waals surface area (Å²) in [5.74, 6) is -3.36. The largest absolute Gasteiger partial charge is 0.457 e. The van der Waals surface area contributed by atoms with Gasteiger partial charge in [0.05, 0.1) is 22.7 Å². The van der Waals surface area contributed by atoms with E-state index in [9.17, 15) is 38.4 Å². The molecule has 1 aliphatic carbocycles. The van der Waals surface area contributed by atoms with Crippen LogP contribution in [0.15, 0.2) is 110 Å². The minimum atomic E-state index is -1.18. The number of carbonyl (C=O) groups excluding carboxylic acids is 8. The average Bonchev–Trinajstić information content (AvgIpc) is 4.19. The number of aromatic nitrogens is 4. The Balaban J connectivity index is 0.878. The van der Waals surface area contributed by atoms with Crippen LogP contribution >= 0.6 is 0 Å². The number of ether oxygens (including phenoxy) is 3. The second kappa shape index (κ2) is 23.7. The number of hydrogen-bond acceptors (Lipinski definition) is 11. The molecule has 0 spiro atoms. The predicted molar refractivity (Wildman–Crippen MR) is 283 cm³/mol. The fraction of sp³-hybridized carbons (Fsp3) is 0.296. The Morgan fingerprint density at radius 1 is 0.605 bits per heavy atom. The third kappa shape index (κ3) is 13.6. The topological polar surface area (TPSA) is 268 Å². The van der Waals surface area contributed by atoms with Crippen molar-refractivity contribution in [1.29, 1.82) is 0 Å². The first-order valence-corrected chi connectivity index (χ1v) is 24.2. The molecule has 2 aromatic carbocycles. The number of carbonyl (C=O) groups is 8. The molecule has 7 rings (SSSR count). The second-order valence-electron chi connectivity index (χ2n) is 19.0. The molecule has 398 valence electrons. The van der Waals surface area contributed by atoms with E-state index < -0.39 is 59.3 Å². The van der Waals surface area contributed by atoms with Crippen molar-refractivity contribution >= 4 is 70.4 Å². The van der Waals surface area contributed by atoms with Crippen molar-refractivity contribution in [2.45, 2.75) is 51.2 Å². The van der Waals surface area contributed by atoms with E-state index in [1.54, 1.807) is 61.4 Å². The van der Waals surface area contributed by atoms with Crippen LogP contribution in [0.1, 0.15) is 92.6 Å². The summed E-state index contributed by atoms with van der Waals surface area (Å²) in [5.41, 5.74) is 5.45. The first-order valence-electron chi connectivity index (χ1n) is 24.2. The van der Waals surface area contributed by atoms with Gasteiger partial charge in [-0.3, -0.25) is 24.0 Å². The number of alkyl carbamates (subject to hydrolysis) is 2. The van der Waals surface area contributed by atoms with Gasteiger partial charge >= 0.3 is 18.2 Å². The minimum absolute atomic E-state index is 0.0373. The third-order valence-electron chi connectivity index (χ3n) is 12.0. The zero-order valence-corrected chi connectivity index (χ0v) is 43.2. The number of amides is 7. The van der Waals surface area contributed by atoms with Crippen LogP contribution in [-0.2, 0) is 52.0 Å². The molecular weight excluding hydrogens is 979 g/mol. The van der Waals surface area contributed by atoms with Crippen LogP contribution in [0.25, 0.3) is 11.1 Å². The maximum atomic E-state index is 13.7. The highest BCUT2D eigenvalue weighted by molar-refractivity contribution is 6.07. The number of aryl methyl sites for hydroxylation is 4. The van der Waals surface area contributed by atoms with Gasteiger partial charge in [-0.1, -0.05) is 61.2 Å². The number of esters is 1. The van der Waals surface area contributed by atoms with E-state index in [1.807, 2.05) is 48.5 Å². The summed E-state index contributed by atoms with van der Waals surface area (Å²) in [6, 6.07) is 20.6. The van der Waals surface area contributed by atoms with Crippen LogP contribution in [0.2, 0.25) is 0 Å². The summed E-state index contributed by atoms with van der Waals surface area (Å²) in [6.45, 7) is 8.62. The maximum Gasteiger partial charge on any atom is 0.408 e. The van der Waals surface area contributed by atoms with Gasteiger partial charge in [0.2, 0.25) is 11.8 Å². The summed E-state index contributed by atoms with van der Waals surface area (Å²) < 4.78 is 22.2. The Kier molecular flexibility index (Phi) is 17.0. The SMILES string of the molecule is C=CCOC(=O)c1cc(NC(=O)c2cc(NC(=O)CCNC(=O)c3cc(NC(=O)c4cc(NC(=O)[C@H](CCNC(=O)OCC5c6ccccc6-c6ccccc65)NC(=O)OC(C)(C)C)cn4C)cn3C)cn2C)cn1C. The summed E-state index contributed by atoms with van der Waals surface area (Å²) in [7, 11) is 6.48. The van der Waals surface area contributed by atoms with Crippen molar-refractivity contribution < 1.29 is 52.6 Å². The predicted octanol–water partition coefficient (Wildman–Crippen LogP) is 6.41. The zero-order valence-electron chi connectivity index (χ0n) is 43.2. The van der Waals surface area contributed by atoms with Crippen molar-refractivity contribution in [3.63, 3.8) is 0 Å². The smallest absolute Gasteiger partial charge is 0.408 e. The number of fused-ring (bicyclic) bond motifs is 3. The van der Waals surface area contributed by atoms with Gasteiger partial charge in [0.15, 0.2) is 0 Å². The van der Waals surface area contributed by atoms with Gasteiger partial charge in [-0.15, -0.1) is 0 Å². The summed E-state index contributed by atoms with van der Waals surface area (Å²) >= 11 is 0. The van der Waals surface area contributed by atoms with Crippen molar-refractivity contribution in [2.24, 2.45) is 28.2 Å². The van der Waals surface area contributed by atoms with Crippen molar-refractivity contribution in [2.75, 3.05) is 47.6 Å². The van der Waals surface area contributed by atoms with Gasteiger partial charge in [0.1, 0.15) is 47.6 Å². The number of nitrogens with one attached hydrogen (secondary N) is 7. The first kappa shape index (κ1) is 54.4. The van der Waals surface area contributed by atoms with Crippen LogP contribution in [-0.4, -0.2) is 104 Å². The van der Waals surface area contributed by atoms with E-state index in [0.29, 0.717) is 11.4 Å². The lowest BCUT2D eigenvalue weighted by atomic mass is 9.98. The van der Waals surface area contributed by atoms with Crippen LogP contribution in [0, 0.1) is 0 Å². The highest BCUT2D eigenvalue weighted by Gasteiger charge is 2.30. The lowest BCUT2D eigenvalue weighted by Gasteiger charge is -2.23. The Labute approximate surface area is 438 Å². The average molecular weight is 1040 g/mol. The number of rotatable bonds is 20. The number of nitrogens with zero attached hydrogens (tertiary/aromatic N) is 4. The molecule has 0 aliphatic heterocycles. The molecule has 6 aromatic rings. The monoisotopic (exact) mass is 1040 g/mol. The molecule has 76 heavy (non-hydrogen) atoms. The lowest BCUT2D eigenvalue weighted by Crippen LogP contribution is -2.47. The minimum Gasteiger partial charge on any atom is -0.457 e. The van der Waals surface area contributed by atoms with Gasteiger partial charge in [-0.25, -0.2) is 14.4 Å². The van der Waals surface area contributed by atoms with Gasteiger partial charge in [-0.2, -0.15) is 0 Å². The lowest BCUT2D eigenvalue weighted by molar-refractivity contribution is -0.118. The highest BCUT2D eigenvalue weighted by Crippen LogP contribution is 2.44.